The summed E-state index contributed by atoms with van der Waals surface area (Å²) in [6.45, 7) is 7.09. The topological polar surface area (TPSA) is 86.8 Å². The van der Waals surface area contributed by atoms with E-state index in [0.29, 0.717) is 19.5 Å². The number of rotatable bonds is 7. The number of hydrogen-bond acceptors (Lipinski definition) is 8. The first kappa shape index (κ1) is 23.0. The summed E-state index contributed by atoms with van der Waals surface area (Å²) in [5.74, 6) is -1.02. The molecule has 4 rings (SSSR count). The smallest absolute Gasteiger partial charge is 0.413 e. The number of likely N-dealkylation sites (N-methyl/N-ethyl adjacent to an activating group) is 1. The van der Waals surface area contributed by atoms with Gasteiger partial charge in [-0.15, -0.1) is 0 Å². The molecule has 0 spiro atoms. The van der Waals surface area contributed by atoms with Crippen molar-refractivity contribution in [2.45, 2.75) is 70.0 Å². The van der Waals surface area contributed by atoms with Crippen molar-refractivity contribution in [3.8, 4) is 0 Å². The summed E-state index contributed by atoms with van der Waals surface area (Å²) < 4.78 is 28.6. The Hall–Kier alpha value is -2.20. The molecule has 3 aliphatic heterocycles. The molecule has 3 saturated heterocycles. The molecule has 2 unspecified atom stereocenters. The second-order valence-electron chi connectivity index (χ2n) is 9.11. The van der Waals surface area contributed by atoms with Gasteiger partial charge in [0.05, 0.1) is 12.2 Å². The van der Waals surface area contributed by atoms with Crippen molar-refractivity contribution < 1.29 is 33.3 Å². The summed E-state index contributed by atoms with van der Waals surface area (Å²) in [6, 6.07) is 8.75. The minimum absolute atomic E-state index is 0.0418. The first-order chi connectivity index (χ1) is 15.2. The van der Waals surface area contributed by atoms with Crippen LogP contribution in [0.1, 0.15) is 32.8 Å². The SMILES string of the molecule is CC1OC(CN(C)CC[C@H]2C(=O)OCN2C(=O)OCc2ccccc2)[C@H]2OC(C)(C)O[C@@H]12. The van der Waals surface area contributed by atoms with Crippen LogP contribution in [-0.4, -0.2) is 85.0 Å². The number of carbonyl (C=O) groups excluding carboxylic acids is 2. The fourth-order valence-electron chi connectivity index (χ4n) is 4.49. The third-order valence-electron chi connectivity index (χ3n) is 6.09. The highest BCUT2D eigenvalue weighted by molar-refractivity contribution is 5.83. The molecule has 3 aliphatic rings. The van der Waals surface area contributed by atoms with Gasteiger partial charge in [-0.1, -0.05) is 30.3 Å². The third kappa shape index (κ3) is 5.06. The number of fused-ring (bicyclic) bond motifs is 1. The molecular weight excluding hydrogens is 416 g/mol. The molecule has 1 amide bonds. The molecule has 9 nitrogen and oxygen atoms in total. The van der Waals surface area contributed by atoms with Crippen molar-refractivity contribution in [2.75, 3.05) is 26.9 Å². The maximum absolute atomic E-state index is 12.5. The van der Waals surface area contributed by atoms with Crippen molar-refractivity contribution >= 4 is 12.1 Å². The molecule has 0 N–H and O–H groups in total. The molecule has 0 radical (unpaired) electrons. The van der Waals surface area contributed by atoms with Crippen LogP contribution in [0.25, 0.3) is 0 Å². The Morgan fingerprint density at radius 1 is 1.22 bits per heavy atom. The summed E-state index contributed by atoms with van der Waals surface area (Å²) in [6.07, 6.45) is -0.480. The van der Waals surface area contributed by atoms with E-state index in [9.17, 15) is 9.59 Å². The quantitative estimate of drug-likeness (QED) is 0.587. The van der Waals surface area contributed by atoms with Crippen LogP contribution in [-0.2, 0) is 35.1 Å². The monoisotopic (exact) mass is 448 g/mol. The Labute approximate surface area is 188 Å². The van der Waals surface area contributed by atoms with Gasteiger partial charge in [-0.05, 0) is 39.8 Å². The zero-order chi connectivity index (χ0) is 22.9. The van der Waals surface area contributed by atoms with Crippen molar-refractivity contribution in [2.24, 2.45) is 0 Å². The lowest BCUT2D eigenvalue weighted by molar-refractivity contribution is -0.186. The van der Waals surface area contributed by atoms with Gasteiger partial charge < -0.3 is 28.6 Å². The van der Waals surface area contributed by atoms with Gasteiger partial charge in [-0.2, -0.15) is 0 Å². The van der Waals surface area contributed by atoms with Crippen LogP contribution in [0.5, 0.6) is 0 Å². The Kier molecular flexibility index (Phi) is 6.71. The highest BCUT2D eigenvalue weighted by atomic mass is 16.8. The van der Waals surface area contributed by atoms with Gasteiger partial charge in [-0.3, -0.25) is 4.90 Å². The van der Waals surface area contributed by atoms with Crippen molar-refractivity contribution in [3.63, 3.8) is 0 Å². The summed E-state index contributed by atoms with van der Waals surface area (Å²) in [7, 11) is 1.96. The molecule has 3 fully saturated rings. The second kappa shape index (κ2) is 9.35. The molecule has 176 valence electrons. The highest BCUT2D eigenvalue weighted by Crippen LogP contribution is 2.38. The second-order valence-corrected chi connectivity index (χ2v) is 9.11. The summed E-state index contributed by atoms with van der Waals surface area (Å²) >= 11 is 0. The first-order valence-electron chi connectivity index (χ1n) is 11.1. The third-order valence-corrected chi connectivity index (χ3v) is 6.09. The molecule has 32 heavy (non-hydrogen) atoms. The fraction of sp³-hybridized carbons (Fsp3) is 0.652. The Morgan fingerprint density at radius 3 is 2.69 bits per heavy atom. The first-order valence-corrected chi connectivity index (χ1v) is 11.1. The average molecular weight is 449 g/mol. The Balaban J connectivity index is 1.27. The average Bonchev–Trinajstić information content (AvgIpc) is 3.37. The van der Waals surface area contributed by atoms with Crippen LogP contribution in [0, 0.1) is 0 Å². The maximum atomic E-state index is 12.5. The van der Waals surface area contributed by atoms with Gasteiger partial charge in [0.1, 0.15) is 24.9 Å². The molecule has 9 heteroatoms. The molecule has 1 aromatic carbocycles. The van der Waals surface area contributed by atoms with E-state index in [1.807, 2.05) is 58.2 Å². The number of hydrogen-bond donors (Lipinski definition) is 0. The van der Waals surface area contributed by atoms with E-state index in [2.05, 4.69) is 4.90 Å². The van der Waals surface area contributed by atoms with Crippen molar-refractivity contribution in [3.05, 3.63) is 35.9 Å². The van der Waals surface area contributed by atoms with E-state index in [0.717, 1.165) is 5.56 Å². The van der Waals surface area contributed by atoms with Crippen LogP contribution in [0.4, 0.5) is 4.79 Å². The fourth-order valence-corrected chi connectivity index (χ4v) is 4.49. The van der Waals surface area contributed by atoms with Crippen molar-refractivity contribution in [1.29, 1.82) is 0 Å². The van der Waals surface area contributed by atoms with Crippen LogP contribution >= 0.6 is 0 Å². The number of benzene rings is 1. The van der Waals surface area contributed by atoms with Gasteiger partial charge in [0.25, 0.3) is 0 Å². The van der Waals surface area contributed by atoms with E-state index >= 15 is 0 Å². The molecule has 3 heterocycles. The number of nitrogens with zero attached hydrogens (tertiary/aromatic N) is 2. The lowest BCUT2D eigenvalue weighted by Crippen LogP contribution is -2.42. The van der Waals surface area contributed by atoms with E-state index in [-0.39, 0.29) is 37.8 Å². The van der Waals surface area contributed by atoms with Crippen LogP contribution < -0.4 is 0 Å². The minimum Gasteiger partial charge on any atom is -0.444 e. The minimum atomic E-state index is -0.665. The number of ether oxygens (including phenoxy) is 5. The predicted octanol–water partition coefficient (Wildman–Crippen LogP) is 2.14. The summed E-state index contributed by atoms with van der Waals surface area (Å²) in [5.41, 5.74) is 0.883. The van der Waals surface area contributed by atoms with E-state index in [1.165, 1.54) is 4.90 Å². The summed E-state index contributed by atoms with van der Waals surface area (Å²) in [5, 5.41) is 0. The lowest BCUT2D eigenvalue weighted by Gasteiger charge is -2.27. The van der Waals surface area contributed by atoms with Crippen LogP contribution in [0.3, 0.4) is 0 Å². The Bertz CT molecular complexity index is 818. The molecule has 0 aliphatic carbocycles. The molecule has 0 bridgehead atoms. The largest absolute Gasteiger partial charge is 0.444 e. The normalized spacial score (nSPS) is 31.1. The zero-order valence-corrected chi connectivity index (χ0v) is 19.1. The molecule has 0 saturated carbocycles. The van der Waals surface area contributed by atoms with E-state index in [4.69, 9.17) is 23.7 Å². The molecule has 0 aromatic heterocycles. The van der Waals surface area contributed by atoms with Crippen molar-refractivity contribution in [1.82, 2.24) is 9.80 Å². The standard InChI is InChI=1S/C23H32N2O7/c1-15-19-20(32-23(2,3)31-19)18(30-15)12-24(4)11-10-17-21(26)29-14-25(17)22(27)28-13-16-8-6-5-7-9-16/h5-9,15,17-20H,10-14H2,1-4H3/t15?,17-,18?,19-,20+/m0/s1. The number of amides is 1. The van der Waals surface area contributed by atoms with Gasteiger partial charge in [0.2, 0.25) is 0 Å². The molecule has 5 atom stereocenters. The van der Waals surface area contributed by atoms with Gasteiger partial charge >= 0.3 is 12.1 Å². The van der Waals surface area contributed by atoms with E-state index in [1.54, 1.807) is 0 Å². The Morgan fingerprint density at radius 2 is 1.94 bits per heavy atom. The van der Waals surface area contributed by atoms with Crippen LogP contribution in [0.2, 0.25) is 0 Å². The number of esters is 1. The zero-order valence-electron chi connectivity index (χ0n) is 19.1. The van der Waals surface area contributed by atoms with Gasteiger partial charge in [0, 0.05) is 13.1 Å². The van der Waals surface area contributed by atoms with Crippen LogP contribution in [0.15, 0.2) is 30.3 Å². The molecule has 1 aromatic rings. The highest BCUT2D eigenvalue weighted by Gasteiger charge is 2.53. The number of cyclic esters (lactones) is 1. The lowest BCUT2D eigenvalue weighted by atomic mass is 10.1. The molecular formula is C23H32N2O7. The maximum Gasteiger partial charge on any atom is 0.413 e. The van der Waals surface area contributed by atoms with E-state index < -0.39 is 23.9 Å². The van der Waals surface area contributed by atoms with Gasteiger partial charge in [0.15, 0.2) is 12.5 Å². The predicted molar refractivity (Wildman–Crippen MR) is 113 cm³/mol. The summed E-state index contributed by atoms with van der Waals surface area (Å²) in [4.78, 5) is 28.2. The van der Waals surface area contributed by atoms with Gasteiger partial charge in [-0.25, -0.2) is 9.59 Å². The number of carbonyl (C=O) groups is 2.